The summed E-state index contributed by atoms with van der Waals surface area (Å²) in [6.07, 6.45) is 0. The number of nitro benzene ring substituents is 1. The number of carbonyl (C=O) groups excluding carboxylic acids is 2. The maximum Gasteiger partial charge on any atom is 0.270 e. The third-order valence-electron chi connectivity index (χ3n) is 3.93. The van der Waals surface area contributed by atoms with Gasteiger partial charge in [-0.15, -0.1) is 0 Å². The van der Waals surface area contributed by atoms with Crippen LogP contribution in [-0.2, 0) is 0 Å². The molecule has 1 N–H and O–H groups in total. The van der Waals surface area contributed by atoms with Gasteiger partial charge in [0.1, 0.15) is 17.2 Å². The molecule has 140 valence electrons. The molecule has 3 rings (SSSR count). The first-order valence-corrected chi connectivity index (χ1v) is 8.02. The summed E-state index contributed by atoms with van der Waals surface area (Å²) in [4.78, 5) is 35.5. The second-order valence-electron chi connectivity index (χ2n) is 5.73. The molecule has 6 nitrogen and oxygen atoms in total. The molecule has 0 aliphatic rings. The van der Waals surface area contributed by atoms with Gasteiger partial charge in [0.2, 0.25) is 0 Å². The highest BCUT2D eigenvalue weighted by molar-refractivity contribution is 6.15. The van der Waals surface area contributed by atoms with Gasteiger partial charge >= 0.3 is 0 Å². The Morgan fingerprint density at radius 3 is 2.14 bits per heavy atom. The SMILES string of the molecule is O=C(c1ccccc1)c1cc([N+](=O)[O-])ccc1NC(=O)c1c(F)cccc1F. The fourth-order valence-corrected chi connectivity index (χ4v) is 2.59. The molecule has 3 aromatic rings. The summed E-state index contributed by atoms with van der Waals surface area (Å²) in [7, 11) is 0. The Morgan fingerprint density at radius 2 is 1.54 bits per heavy atom. The van der Waals surface area contributed by atoms with Crippen LogP contribution in [0.2, 0.25) is 0 Å². The molecule has 0 spiro atoms. The summed E-state index contributed by atoms with van der Waals surface area (Å²) in [6.45, 7) is 0. The molecular formula is C20H12F2N2O4. The van der Waals surface area contributed by atoms with E-state index in [2.05, 4.69) is 5.32 Å². The van der Waals surface area contributed by atoms with E-state index < -0.39 is 33.8 Å². The largest absolute Gasteiger partial charge is 0.321 e. The molecule has 0 aliphatic heterocycles. The number of hydrogen-bond acceptors (Lipinski definition) is 4. The van der Waals surface area contributed by atoms with Crippen LogP contribution in [0.15, 0.2) is 66.7 Å². The van der Waals surface area contributed by atoms with Crippen molar-refractivity contribution in [3.05, 3.63) is 105 Å². The van der Waals surface area contributed by atoms with Crippen molar-refractivity contribution >= 4 is 23.1 Å². The van der Waals surface area contributed by atoms with E-state index in [0.29, 0.717) is 0 Å². The highest BCUT2D eigenvalue weighted by Crippen LogP contribution is 2.26. The summed E-state index contributed by atoms with van der Waals surface area (Å²) in [5.74, 6) is -3.86. The number of carbonyl (C=O) groups is 2. The fourth-order valence-electron chi connectivity index (χ4n) is 2.59. The van der Waals surface area contributed by atoms with E-state index >= 15 is 0 Å². The van der Waals surface area contributed by atoms with Crippen molar-refractivity contribution in [2.45, 2.75) is 0 Å². The maximum absolute atomic E-state index is 13.8. The van der Waals surface area contributed by atoms with Crippen LogP contribution in [0, 0.1) is 21.7 Å². The smallest absolute Gasteiger partial charge is 0.270 e. The highest BCUT2D eigenvalue weighted by Gasteiger charge is 2.22. The molecule has 3 aromatic carbocycles. The van der Waals surface area contributed by atoms with Crippen LogP contribution in [0.5, 0.6) is 0 Å². The number of nitro groups is 1. The molecule has 0 aromatic heterocycles. The Labute approximate surface area is 157 Å². The van der Waals surface area contributed by atoms with Gasteiger partial charge < -0.3 is 5.32 Å². The molecule has 0 saturated heterocycles. The first kappa shape index (κ1) is 18.8. The van der Waals surface area contributed by atoms with Crippen molar-refractivity contribution in [2.75, 3.05) is 5.32 Å². The van der Waals surface area contributed by atoms with Crippen LogP contribution in [0.3, 0.4) is 0 Å². The number of amides is 1. The first-order valence-electron chi connectivity index (χ1n) is 8.02. The van der Waals surface area contributed by atoms with E-state index in [1.165, 1.54) is 12.1 Å². The summed E-state index contributed by atoms with van der Waals surface area (Å²) in [6, 6.07) is 14.1. The molecule has 28 heavy (non-hydrogen) atoms. The van der Waals surface area contributed by atoms with Crippen LogP contribution in [-0.4, -0.2) is 16.6 Å². The third-order valence-corrected chi connectivity index (χ3v) is 3.93. The topological polar surface area (TPSA) is 89.3 Å². The molecule has 1 amide bonds. The Morgan fingerprint density at radius 1 is 0.893 bits per heavy atom. The van der Waals surface area contributed by atoms with Crippen molar-refractivity contribution < 1.29 is 23.3 Å². The van der Waals surface area contributed by atoms with Crippen LogP contribution in [0.1, 0.15) is 26.3 Å². The van der Waals surface area contributed by atoms with E-state index in [9.17, 15) is 28.5 Å². The molecular weight excluding hydrogens is 370 g/mol. The predicted octanol–water partition coefficient (Wildman–Crippen LogP) is 4.36. The van der Waals surface area contributed by atoms with Gasteiger partial charge in [-0.2, -0.15) is 0 Å². The number of halogens is 2. The number of nitrogens with zero attached hydrogens (tertiary/aromatic N) is 1. The molecule has 0 heterocycles. The number of anilines is 1. The van der Waals surface area contributed by atoms with E-state index in [1.807, 2.05) is 0 Å². The third kappa shape index (κ3) is 3.75. The summed E-state index contributed by atoms with van der Waals surface area (Å²) in [5, 5.41) is 13.3. The minimum absolute atomic E-state index is 0.105. The number of hydrogen-bond donors (Lipinski definition) is 1. The predicted molar refractivity (Wildman–Crippen MR) is 97.3 cm³/mol. The lowest BCUT2D eigenvalue weighted by molar-refractivity contribution is -0.384. The van der Waals surface area contributed by atoms with Crippen molar-refractivity contribution in [1.82, 2.24) is 0 Å². The van der Waals surface area contributed by atoms with Crippen LogP contribution in [0.4, 0.5) is 20.2 Å². The molecule has 0 saturated carbocycles. The minimum atomic E-state index is -1.12. The average molecular weight is 382 g/mol. The second-order valence-corrected chi connectivity index (χ2v) is 5.73. The Bertz CT molecular complexity index is 1060. The van der Waals surface area contributed by atoms with Crippen molar-refractivity contribution in [1.29, 1.82) is 0 Å². The van der Waals surface area contributed by atoms with E-state index in [1.54, 1.807) is 18.2 Å². The molecule has 0 atom stereocenters. The summed E-state index contributed by atoms with van der Waals surface area (Å²) in [5.41, 5.74) is -1.23. The van der Waals surface area contributed by atoms with Crippen LogP contribution >= 0.6 is 0 Å². The van der Waals surface area contributed by atoms with Crippen molar-refractivity contribution in [3.63, 3.8) is 0 Å². The Kier molecular flexibility index (Phi) is 5.21. The maximum atomic E-state index is 13.8. The number of rotatable bonds is 5. The molecule has 0 radical (unpaired) electrons. The lowest BCUT2D eigenvalue weighted by Crippen LogP contribution is -2.18. The minimum Gasteiger partial charge on any atom is -0.321 e. The lowest BCUT2D eigenvalue weighted by Gasteiger charge is -2.11. The highest BCUT2D eigenvalue weighted by atomic mass is 19.1. The van der Waals surface area contributed by atoms with Crippen molar-refractivity contribution in [3.8, 4) is 0 Å². The van der Waals surface area contributed by atoms with E-state index in [0.717, 1.165) is 36.4 Å². The quantitative estimate of drug-likeness (QED) is 0.403. The number of ketones is 1. The summed E-state index contributed by atoms with van der Waals surface area (Å²) < 4.78 is 27.7. The average Bonchev–Trinajstić information content (AvgIpc) is 2.68. The molecule has 8 heteroatoms. The number of nitrogens with one attached hydrogen (secondary N) is 1. The zero-order chi connectivity index (χ0) is 20.3. The van der Waals surface area contributed by atoms with Gasteiger partial charge in [-0.05, 0) is 18.2 Å². The normalized spacial score (nSPS) is 10.4. The van der Waals surface area contributed by atoms with Gasteiger partial charge in [0.05, 0.1) is 16.2 Å². The van der Waals surface area contributed by atoms with Crippen LogP contribution in [0.25, 0.3) is 0 Å². The van der Waals surface area contributed by atoms with Gasteiger partial charge in [-0.1, -0.05) is 36.4 Å². The molecule has 0 unspecified atom stereocenters. The van der Waals surface area contributed by atoms with Gasteiger partial charge in [-0.25, -0.2) is 8.78 Å². The first-order chi connectivity index (χ1) is 13.4. The molecule has 0 aliphatic carbocycles. The van der Waals surface area contributed by atoms with E-state index in [4.69, 9.17) is 0 Å². The Balaban J connectivity index is 2.04. The van der Waals surface area contributed by atoms with Gasteiger partial charge in [0, 0.05) is 17.7 Å². The number of benzene rings is 3. The van der Waals surface area contributed by atoms with Gasteiger partial charge in [0.25, 0.3) is 11.6 Å². The zero-order valence-corrected chi connectivity index (χ0v) is 14.2. The second kappa shape index (κ2) is 7.75. The monoisotopic (exact) mass is 382 g/mol. The number of non-ortho nitro benzene ring substituents is 1. The standard InChI is InChI=1S/C20H12F2N2O4/c21-15-7-4-8-16(22)18(15)20(26)23-17-10-9-13(24(27)28)11-14(17)19(25)12-5-2-1-3-6-12/h1-11H,(H,23,26). The van der Waals surface area contributed by atoms with E-state index in [-0.39, 0.29) is 22.5 Å². The lowest BCUT2D eigenvalue weighted by atomic mass is 10.0. The summed E-state index contributed by atoms with van der Waals surface area (Å²) >= 11 is 0. The molecule has 0 fully saturated rings. The van der Waals surface area contributed by atoms with Crippen molar-refractivity contribution in [2.24, 2.45) is 0 Å². The van der Waals surface area contributed by atoms with Gasteiger partial charge in [0.15, 0.2) is 5.78 Å². The Hall–Kier alpha value is -3.94. The van der Waals surface area contributed by atoms with Crippen LogP contribution < -0.4 is 5.32 Å². The molecule has 0 bridgehead atoms. The van der Waals surface area contributed by atoms with Gasteiger partial charge in [-0.3, -0.25) is 19.7 Å². The fraction of sp³-hybridized carbons (Fsp3) is 0. The zero-order valence-electron chi connectivity index (χ0n) is 14.2.